The molecule has 0 bridgehead atoms. The van der Waals surface area contributed by atoms with E-state index in [1.807, 2.05) is 0 Å². The highest BCUT2D eigenvalue weighted by Gasteiger charge is 2.47. The minimum Gasteiger partial charge on any atom is -0.380 e. The molecule has 0 saturated carbocycles. The first-order chi connectivity index (χ1) is 5.66. The largest absolute Gasteiger partial charge is 0.380 e. The van der Waals surface area contributed by atoms with Crippen molar-refractivity contribution in [3.63, 3.8) is 0 Å². The van der Waals surface area contributed by atoms with E-state index in [9.17, 15) is 0 Å². The van der Waals surface area contributed by atoms with E-state index in [0.29, 0.717) is 6.10 Å². The lowest BCUT2D eigenvalue weighted by Crippen LogP contribution is -2.35. The topological polar surface area (TPSA) is 12.5 Å². The minimum atomic E-state index is 0.251. The summed E-state index contributed by atoms with van der Waals surface area (Å²) in [6.45, 7) is 8.70. The Morgan fingerprint density at radius 2 is 2.42 bits per heavy atom. The molecule has 1 unspecified atom stereocenters. The average Bonchev–Trinajstić information content (AvgIpc) is 2.50. The molecule has 0 aromatic carbocycles. The molecule has 0 aromatic rings. The van der Waals surface area contributed by atoms with Crippen LogP contribution in [0.15, 0.2) is 12.2 Å². The lowest BCUT2D eigenvalue weighted by atomic mass is 9.91. The van der Waals surface area contributed by atoms with Gasteiger partial charge in [0.15, 0.2) is 0 Å². The maximum absolute atomic E-state index is 5.38. The molecule has 2 atom stereocenters. The van der Waals surface area contributed by atoms with Gasteiger partial charge in [-0.25, -0.2) is 0 Å². The Balaban J connectivity index is 2.18. The molecule has 2 heterocycles. The molecule has 0 aliphatic carbocycles. The van der Waals surface area contributed by atoms with E-state index in [2.05, 4.69) is 18.4 Å². The van der Waals surface area contributed by atoms with Gasteiger partial charge in [-0.05, 0) is 19.8 Å². The fourth-order valence-corrected chi connectivity index (χ4v) is 2.49. The van der Waals surface area contributed by atoms with Gasteiger partial charge in [-0.1, -0.05) is 12.2 Å². The van der Waals surface area contributed by atoms with Crippen LogP contribution in [0.5, 0.6) is 0 Å². The molecule has 0 spiro atoms. The summed E-state index contributed by atoms with van der Waals surface area (Å²) in [6.07, 6.45) is 2.72. The van der Waals surface area contributed by atoms with Gasteiger partial charge in [-0.2, -0.15) is 0 Å². The fourth-order valence-electron chi connectivity index (χ4n) is 2.49. The van der Waals surface area contributed by atoms with E-state index in [-0.39, 0.29) is 5.54 Å². The summed E-state index contributed by atoms with van der Waals surface area (Å²) >= 11 is 0. The van der Waals surface area contributed by atoms with E-state index in [4.69, 9.17) is 4.74 Å². The third-order valence-corrected chi connectivity index (χ3v) is 3.53. The number of hydrogen-bond acceptors (Lipinski definition) is 2. The van der Waals surface area contributed by atoms with Gasteiger partial charge in [0.1, 0.15) is 0 Å². The minimum absolute atomic E-state index is 0.251. The standard InChI is InChI=1S/C10H17NO/c1-8-4-5-11-7-9(12-3)6-10(8,11)2/h9H,1,4-7H2,2-3H3/t9?,10-/m1/s1. The Morgan fingerprint density at radius 3 is 3.00 bits per heavy atom. The van der Waals surface area contributed by atoms with Crippen LogP contribution in [0.2, 0.25) is 0 Å². The number of hydrogen-bond donors (Lipinski definition) is 0. The second kappa shape index (κ2) is 2.57. The summed E-state index contributed by atoms with van der Waals surface area (Å²) in [4.78, 5) is 2.50. The maximum Gasteiger partial charge on any atom is 0.0719 e. The van der Waals surface area contributed by atoms with Crippen molar-refractivity contribution in [3.05, 3.63) is 12.2 Å². The number of methoxy groups -OCH3 is 1. The average molecular weight is 167 g/mol. The highest BCUT2D eigenvalue weighted by Crippen LogP contribution is 2.42. The first kappa shape index (κ1) is 8.27. The van der Waals surface area contributed by atoms with Gasteiger partial charge in [-0.3, -0.25) is 4.90 Å². The zero-order valence-corrected chi connectivity index (χ0v) is 7.97. The fraction of sp³-hybridized carbons (Fsp3) is 0.800. The summed E-state index contributed by atoms with van der Waals surface area (Å²) in [7, 11) is 1.80. The number of ether oxygens (including phenoxy) is 1. The monoisotopic (exact) mass is 167 g/mol. The molecule has 2 nitrogen and oxygen atoms in total. The lowest BCUT2D eigenvalue weighted by molar-refractivity contribution is 0.108. The van der Waals surface area contributed by atoms with Crippen LogP contribution in [0.25, 0.3) is 0 Å². The molecular weight excluding hydrogens is 150 g/mol. The second-order valence-electron chi connectivity index (χ2n) is 4.14. The predicted molar refractivity (Wildman–Crippen MR) is 49.1 cm³/mol. The molecule has 2 saturated heterocycles. The Labute approximate surface area is 74.2 Å². The Kier molecular flexibility index (Phi) is 1.77. The second-order valence-corrected chi connectivity index (χ2v) is 4.14. The quantitative estimate of drug-likeness (QED) is 0.548. The molecule has 2 aliphatic rings. The van der Waals surface area contributed by atoms with Gasteiger partial charge in [0.25, 0.3) is 0 Å². The van der Waals surface area contributed by atoms with E-state index < -0.39 is 0 Å². The molecule has 2 rings (SSSR count). The number of nitrogens with zero attached hydrogens (tertiary/aromatic N) is 1. The van der Waals surface area contributed by atoms with Gasteiger partial charge >= 0.3 is 0 Å². The summed E-state index contributed by atoms with van der Waals surface area (Å²) in [5.74, 6) is 0. The Bertz CT molecular complexity index is 214. The third kappa shape index (κ3) is 0.947. The van der Waals surface area contributed by atoms with Crippen LogP contribution < -0.4 is 0 Å². The molecular formula is C10H17NO. The first-order valence-electron chi connectivity index (χ1n) is 4.63. The van der Waals surface area contributed by atoms with Gasteiger partial charge in [0, 0.05) is 25.7 Å². The maximum atomic E-state index is 5.38. The SMILES string of the molecule is C=C1CCN2CC(OC)C[C@]12C. The van der Waals surface area contributed by atoms with Crippen LogP contribution in [-0.4, -0.2) is 36.7 Å². The van der Waals surface area contributed by atoms with E-state index in [1.54, 1.807) is 7.11 Å². The van der Waals surface area contributed by atoms with E-state index in [1.165, 1.54) is 18.5 Å². The molecule has 0 amide bonds. The predicted octanol–water partition coefficient (Wildman–Crippen LogP) is 1.43. The molecule has 0 N–H and O–H groups in total. The molecule has 68 valence electrons. The van der Waals surface area contributed by atoms with Crippen molar-refractivity contribution in [1.82, 2.24) is 4.90 Å². The summed E-state index contributed by atoms with van der Waals surface area (Å²) < 4.78 is 5.38. The molecule has 0 radical (unpaired) electrons. The van der Waals surface area contributed by atoms with Crippen LogP contribution in [-0.2, 0) is 4.74 Å². The first-order valence-corrected chi connectivity index (χ1v) is 4.63. The molecule has 0 aromatic heterocycles. The number of fused-ring (bicyclic) bond motifs is 1. The Hall–Kier alpha value is -0.340. The van der Waals surface area contributed by atoms with Crippen molar-refractivity contribution in [3.8, 4) is 0 Å². The summed E-state index contributed by atoms with van der Waals surface area (Å²) in [5, 5.41) is 0. The van der Waals surface area contributed by atoms with Crippen molar-refractivity contribution in [2.24, 2.45) is 0 Å². The van der Waals surface area contributed by atoms with E-state index >= 15 is 0 Å². The number of rotatable bonds is 1. The highest BCUT2D eigenvalue weighted by molar-refractivity contribution is 5.24. The molecule has 2 heteroatoms. The van der Waals surface area contributed by atoms with Crippen LogP contribution in [0.3, 0.4) is 0 Å². The van der Waals surface area contributed by atoms with Gasteiger partial charge in [0.2, 0.25) is 0 Å². The van der Waals surface area contributed by atoms with Crippen molar-refractivity contribution in [2.45, 2.75) is 31.4 Å². The molecule has 2 fully saturated rings. The Morgan fingerprint density at radius 1 is 1.67 bits per heavy atom. The molecule has 2 aliphatic heterocycles. The normalized spacial score (nSPS) is 42.2. The van der Waals surface area contributed by atoms with Crippen molar-refractivity contribution in [1.29, 1.82) is 0 Å². The lowest BCUT2D eigenvalue weighted by Gasteiger charge is -2.27. The molecule has 12 heavy (non-hydrogen) atoms. The summed E-state index contributed by atoms with van der Waals surface area (Å²) in [5.41, 5.74) is 1.64. The van der Waals surface area contributed by atoms with Crippen molar-refractivity contribution < 1.29 is 4.74 Å². The van der Waals surface area contributed by atoms with Crippen LogP contribution in [0.4, 0.5) is 0 Å². The smallest absolute Gasteiger partial charge is 0.0719 e. The zero-order valence-electron chi connectivity index (χ0n) is 7.97. The van der Waals surface area contributed by atoms with E-state index in [0.717, 1.165) is 13.0 Å². The van der Waals surface area contributed by atoms with Gasteiger partial charge < -0.3 is 4.74 Å². The van der Waals surface area contributed by atoms with Gasteiger partial charge in [0.05, 0.1) is 6.10 Å². The van der Waals surface area contributed by atoms with Crippen LogP contribution in [0.1, 0.15) is 19.8 Å². The zero-order chi connectivity index (χ0) is 8.77. The van der Waals surface area contributed by atoms with Crippen molar-refractivity contribution >= 4 is 0 Å². The summed E-state index contributed by atoms with van der Waals surface area (Å²) in [6, 6.07) is 0. The van der Waals surface area contributed by atoms with Crippen LogP contribution >= 0.6 is 0 Å². The van der Waals surface area contributed by atoms with Crippen LogP contribution in [0, 0.1) is 0 Å². The van der Waals surface area contributed by atoms with Gasteiger partial charge in [-0.15, -0.1) is 0 Å². The third-order valence-electron chi connectivity index (χ3n) is 3.53. The van der Waals surface area contributed by atoms with Crippen molar-refractivity contribution in [2.75, 3.05) is 20.2 Å². The highest BCUT2D eigenvalue weighted by atomic mass is 16.5.